The molecule has 1 aliphatic heterocycles. The van der Waals surface area contributed by atoms with Gasteiger partial charge in [0.1, 0.15) is 0 Å². The molecule has 4 nitrogen and oxygen atoms in total. The number of carbonyl (C=O) groups is 1. The lowest BCUT2D eigenvalue weighted by Gasteiger charge is -2.33. The molecule has 1 saturated heterocycles. The lowest BCUT2D eigenvalue weighted by atomic mass is 10.1. The largest absolute Gasteiger partial charge is 0.295 e. The highest BCUT2D eigenvalue weighted by Gasteiger charge is 2.32. The number of rotatable bonds is 5. The van der Waals surface area contributed by atoms with Crippen molar-refractivity contribution in [3.05, 3.63) is 0 Å². The Morgan fingerprint density at radius 2 is 2.25 bits per heavy atom. The topological polar surface area (TPSA) is 58.4 Å². The van der Waals surface area contributed by atoms with Crippen molar-refractivity contribution in [2.75, 3.05) is 0 Å². The van der Waals surface area contributed by atoms with Gasteiger partial charge in [0.05, 0.1) is 0 Å². The van der Waals surface area contributed by atoms with Gasteiger partial charge in [-0.25, -0.2) is 5.84 Å². The molecule has 1 fully saturated rings. The zero-order chi connectivity index (χ0) is 12.1. The predicted molar refractivity (Wildman–Crippen MR) is 65.6 cm³/mol. The zero-order valence-corrected chi connectivity index (χ0v) is 10.7. The number of hydrogen-bond donors (Lipinski definition) is 2. The molecule has 0 radical (unpaired) electrons. The van der Waals surface area contributed by atoms with E-state index >= 15 is 0 Å². The Morgan fingerprint density at radius 3 is 2.81 bits per heavy atom. The van der Waals surface area contributed by atoms with Crippen molar-refractivity contribution in [1.82, 2.24) is 10.3 Å². The lowest BCUT2D eigenvalue weighted by Crippen LogP contribution is -2.42. The van der Waals surface area contributed by atoms with Crippen LogP contribution in [0.4, 0.5) is 0 Å². The van der Waals surface area contributed by atoms with Crippen molar-refractivity contribution in [1.29, 1.82) is 0 Å². The number of nitrogens with one attached hydrogen (secondary N) is 1. The molecule has 1 amide bonds. The third-order valence-electron chi connectivity index (χ3n) is 3.78. The molecule has 1 aliphatic rings. The minimum Gasteiger partial charge on any atom is -0.295 e. The van der Waals surface area contributed by atoms with Crippen LogP contribution in [-0.2, 0) is 4.79 Å². The number of hydrazine groups is 1. The minimum absolute atomic E-state index is 0.0632. The Bertz CT molecular complexity index is 232. The number of hydrogen-bond acceptors (Lipinski definition) is 3. The average Bonchev–Trinajstić information content (AvgIpc) is 2.66. The van der Waals surface area contributed by atoms with E-state index in [0.717, 1.165) is 6.42 Å². The van der Waals surface area contributed by atoms with Crippen LogP contribution in [0, 0.1) is 0 Å². The fourth-order valence-corrected chi connectivity index (χ4v) is 2.86. The first-order valence-electron chi connectivity index (χ1n) is 6.37. The number of amides is 1. The van der Waals surface area contributed by atoms with E-state index in [1.807, 2.05) is 0 Å². The summed E-state index contributed by atoms with van der Waals surface area (Å²) in [7, 11) is 0. The molecule has 0 spiro atoms. The van der Waals surface area contributed by atoms with E-state index in [-0.39, 0.29) is 5.91 Å². The van der Waals surface area contributed by atoms with E-state index < -0.39 is 0 Å². The number of nitrogens with two attached hydrogens (primary N) is 1. The summed E-state index contributed by atoms with van der Waals surface area (Å²) in [4.78, 5) is 13.7. The van der Waals surface area contributed by atoms with E-state index in [2.05, 4.69) is 31.1 Å². The summed E-state index contributed by atoms with van der Waals surface area (Å²) in [5.41, 5.74) is 2.19. The highest BCUT2D eigenvalue weighted by atomic mass is 16.2. The summed E-state index contributed by atoms with van der Waals surface area (Å²) in [6, 6.07) is 1.83. The standard InChI is InChI=1S/C12H25N3O/c1-4-11-7-5-9(2)15(11)10(3)6-8-12(16)14-13/h9-11H,4-8,13H2,1-3H3,(H,14,16). The van der Waals surface area contributed by atoms with Gasteiger partial charge in [-0.1, -0.05) is 6.92 Å². The maximum Gasteiger partial charge on any atom is 0.233 e. The first-order valence-corrected chi connectivity index (χ1v) is 6.37. The van der Waals surface area contributed by atoms with Crippen molar-refractivity contribution >= 4 is 5.91 Å². The maximum absolute atomic E-state index is 11.1. The maximum atomic E-state index is 11.1. The Labute approximate surface area is 98.5 Å². The van der Waals surface area contributed by atoms with Crippen molar-refractivity contribution < 1.29 is 4.79 Å². The van der Waals surface area contributed by atoms with Crippen molar-refractivity contribution in [2.24, 2.45) is 5.84 Å². The average molecular weight is 227 g/mol. The van der Waals surface area contributed by atoms with Crippen LogP contribution >= 0.6 is 0 Å². The van der Waals surface area contributed by atoms with Gasteiger partial charge in [0.25, 0.3) is 0 Å². The molecular weight excluding hydrogens is 202 g/mol. The molecule has 16 heavy (non-hydrogen) atoms. The molecule has 4 heteroatoms. The van der Waals surface area contributed by atoms with Crippen molar-refractivity contribution in [3.63, 3.8) is 0 Å². The fourth-order valence-electron chi connectivity index (χ4n) is 2.86. The lowest BCUT2D eigenvalue weighted by molar-refractivity contribution is -0.121. The first-order chi connectivity index (χ1) is 7.60. The molecule has 94 valence electrons. The predicted octanol–water partition coefficient (Wildman–Crippen LogP) is 1.41. The van der Waals surface area contributed by atoms with Gasteiger partial charge >= 0.3 is 0 Å². The van der Waals surface area contributed by atoms with Gasteiger partial charge in [0, 0.05) is 24.5 Å². The second-order valence-electron chi connectivity index (χ2n) is 4.89. The molecule has 0 aliphatic carbocycles. The van der Waals surface area contributed by atoms with Gasteiger partial charge in [-0.3, -0.25) is 15.1 Å². The Morgan fingerprint density at radius 1 is 1.56 bits per heavy atom. The third kappa shape index (κ3) is 3.19. The summed E-state index contributed by atoms with van der Waals surface area (Å²) >= 11 is 0. The van der Waals surface area contributed by atoms with Crippen molar-refractivity contribution in [3.8, 4) is 0 Å². The monoisotopic (exact) mass is 227 g/mol. The van der Waals surface area contributed by atoms with E-state index in [1.54, 1.807) is 0 Å². The van der Waals surface area contributed by atoms with Crippen LogP contribution in [0.15, 0.2) is 0 Å². The SMILES string of the molecule is CCC1CCC(C)N1C(C)CCC(=O)NN. The highest BCUT2D eigenvalue weighted by Crippen LogP contribution is 2.29. The van der Waals surface area contributed by atoms with E-state index in [9.17, 15) is 4.79 Å². The van der Waals surface area contributed by atoms with Crippen LogP contribution < -0.4 is 11.3 Å². The quantitative estimate of drug-likeness (QED) is 0.424. The molecule has 3 unspecified atom stereocenters. The van der Waals surface area contributed by atoms with Crippen LogP contribution in [-0.4, -0.2) is 28.9 Å². The van der Waals surface area contributed by atoms with Crippen LogP contribution in [0.2, 0.25) is 0 Å². The number of carbonyl (C=O) groups excluding carboxylic acids is 1. The van der Waals surface area contributed by atoms with Gasteiger partial charge < -0.3 is 0 Å². The van der Waals surface area contributed by atoms with Crippen LogP contribution in [0.1, 0.15) is 52.9 Å². The Balaban J connectivity index is 2.44. The molecule has 0 aromatic rings. The van der Waals surface area contributed by atoms with E-state index in [0.29, 0.717) is 24.5 Å². The summed E-state index contributed by atoms with van der Waals surface area (Å²) in [5, 5.41) is 0. The van der Waals surface area contributed by atoms with Gasteiger partial charge in [-0.2, -0.15) is 0 Å². The first kappa shape index (κ1) is 13.5. The van der Waals surface area contributed by atoms with Gasteiger partial charge in [0.15, 0.2) is 0 Å². The molecule has 0 saturated carbocycles. The molecule has 3 atom stereocenters. The second-order valence-corrected chi connectivity index (χ2v) is 4.89. The van der Waals surface area contributed by atoms with Crippen LogP contribution in [0.25, 0.3) is 0 Å². The minimum atomic E-state index is -0.0632. The highest BCUT2D eigenvalue weighted by molar-refractivity contribution is 5.75. The molecule has 1 heterocycles. The zero-order valence-electron chi connectivity index (χ0n) is 10.7. The Kier molecular flexibility index (Phi) is 5.22. The summed E-state index contributed by atoms with van der Waals surface area (Å²) in [5.74, 6) is 5.02. The van der Waals surface area contributed by atoms with Crippen molar-refractivity contribution in [2.45, 2.75) is 71.0 Å². The fraction of sp³-hybridized carbons (Fsp3) is 0.917. The van der Waals surface area contributed by atoms with Gasteiger partial charge in [-0.05, 0) is 39.5 Å². The molecule has 1 rings (SSSR count). The van der Waals surface area contributed by atoms with Gasteiger partial charge in [-0.15, -0.1) is 0 Å². The summed E-state index contributed by atoms with van der Waals surface area (Å²) < 4.78 is 0. The number of likely N-dealkylation sites (tertiary alicyclic amines) is 1. The molecule has 3 N–H and O–H groups in total. The van der Waals surface area contributed by atoms with E-state index in [1.165, 1.54) is 19.3 Å². The van der Waals surface area contributed by atoms with Gasteiger partial charge in [0.2, 0.25) is 5.91 Å². The number of nitrogens with zero attached hydrogens (tertiary/aromatic N) is 1. The Hall–Kier alpha value is -0.610. The summed E-state index contributed by atoms with van der Waals surface area (Å²) in [6.07, 6.45) is 5.20. The van der Waals surface area contributed by atoms with Crippen LogP contribution in [0.5, 0.6) is 0 Å². The molecule has 0 aromatic heterocycles. The molecule has 0 aromatic carbocycles. The third-order valence-corrected chi connectivity index (χ3v) is 3.78. The molecular formula is C12H25N3O. The smallest absolute Gasteiger partial charge is 0.233 e. The normalized spacial score (nSPS) is 28.0. The van der Waals surface area contributed by atoms with Crippen LogP contribution in [0.3, 0.4) is 0 Å². The summed E-state index contributed by atoms with van der Waals surface area (Å²) in [6.45, 7) is 6.75. The molecule has 0 bridgehead atoms. The second kappa shape index (κ2) is 6.21. The van der Waals surface area contributed by atoms with E-state index in [4.69, 9.17) is 5.84 Å².